The average Bonchev–Trinajstić information content (AvgIpc) is 1.85. The molecule has 0 saturated heterocycles. The van der Waals surface area contributed by atoms with Crippen molar-refractivity contribution in [1.82, 2.24) is 0 Å². The van der Waals surface area contributed by atoms with E-state index in [1.54, 1.807) is 0 Å². The molecule has 2 bridgehead atoms. The summed E-state index contributed by atoms with van der Waals surface area (Å²) in [4.78, 5) is 11.4. The van der Waals surface area contributed by atoms with Gasteiger partial charge in [-0.05, 0) is 19.8 Å². The fraction of sp³-hybridized carbons (Fsp3) is 0.700. The second-order valence-corrected chi connectivity index (χ2v) is 4.33. The molecule has 0 amide bonds. The van der Waals surface area contributed by atoms with E-state index in [2.05, 4.69) is 20.8 Å². The van der Waals surface area contributed by atoms with Crippen molar-refractivity contribution in [3.8, 4) is 0 Å². The van der Waals surface area contributed by atoms with Crippen LogP contribution in [0.25, 0.3) is 0 Å². The van der Waals surface area contributed by atoms with Crippen LogP contribution in [0.3, 0.4) is 0 Å². The van der Waals surface area contributed by atoms with Crippen molar-refractivity contribution in [3.05, 3.63) is 11.1 Å². The van der Waals surface area contributed by atoms with Crippen molar-refractivity contribution in [2.24, 2.45) is 11.3 Å². The van der Waals surface area contributed by atoms with Crippen LogP contribution in [0.4, 0.5) is 0 Å². The summed E-state index contributed by atoms with van der Waals surface area (Å²) in [6, 6.07) is 0. The summed E-state index contributed by atoms with van der Waals surface area (Å²) in [5, 5.41) is 0. The minimum atomic E-state index is 0.208. The molecule has 1 heteroatoms. The fourth-order valence-electron chi connectivity index (χ4n) is 2.65. The van der Waals surface area contributed by atoms with Gasteiger partial charge >= 0.3 is 0 Å². The third kappa shape index (κ3) is 0.640. The Balaban J connectivity index is 2.51. The summed E-state index contributed by atoms with van der Waals surface area (Å²) < 4.78 is 0. The first kappa shape index (κ1) is 7.08. The third-order valence-electron chi connectivity index (χ3n) is 3.31. The molecule has 0 aromatic rings. The zero-order chi connectivity index (χ0) is 8.22. The van der Waals surface area contributed by atoms with Crippen molar-refractivity contribution < 1.29 is 4.79 Å². The molecule has 3 aliphatic carbocycles. The summed E-state index contributed by atoms with van der Waals surface area (Å²) >= 11 is 0. The number of rotatable bonds is 0. The van der Waals surface area contributed by atoms with E-state index in [4.69, 9.17) is 0 Å². The Bertz CT molecular complexity index is 258. The molecule has 0 aromatic carbocycles. The highest BCUT2D eigenvalue weighted by Crippen LogP contribution is 2.55. The Morgan fingerprint density at radius 1 is 1.45 bits per heavy atom. The predicted molar refractivity (Wildman–Crippen MR) is 44.2 cm³/mol. The number of Topliss-reactive ketones (excluding diaryl/α,β-unsaturated/α-hetero) is 1. The molecule has 11 heavy (non-hydrogen) atoms. The van der Waals surface area contributed by atoms with E-state index < -0.39 is 0 Å². The molecule has 1 unspecified atom stereocenters. The number of hydrogen-bond donors (Lipinski definition) is 0. The van der Waals surface area contributed by atoms with Gasteiger partial charge in [-0.3, -0.25) is 4.79 Å². The lowest BCUT2D eigenvalue weighted by Gasteiger charge is -2.50. The lowest BCUT2D eigenvalue weighted by molar-refractivity contribution is -0.132. The summed E-state index contributed by atoms with van der Waals surface area (Å²) in [6.45, 7) is 6.48. The number of allylic oxidation sites excluding steroid dienone is 2. The van der Waals surface area contributed by atoms with Gasteiger partial charge in [0.15, 0.2) is 5.78 Å². The molecular weight excluding hydrogens is 136 g/mol. The van der Waals surface area contributed by atoms with Gasteiger partial charge in [-0.15, -0.1) is 0 Å². The van der Waals surface area contributed by atoms with Crippen molar-refractivity contribution >= 4 is 5.78 Å². The maximum absolute atomic E-state index is 11.4. The van der Waals surface area contributed by atoms with E-state index in [-0.39, 0.29) is 5.41 Å². The summed E-state index contributed by atoms with van der Waals surface area (Å²) in [6.07, 6.45) is 2.23. The molecule has 1 atom stereocenters. The first-order chi connectivity index (χ1) is 5.05. The third-order valence-corrected chi connectivity index (χ3v) is 3.31. The van der Waals surface area contributed by atoms with Crippen LogP contribution in [-0.4, -0.2) is 5.78 Å². The van der Waals surface area contributed by atoms with E-state index in [1.165, 1.54) is 5.57 Å². The van der Waals surface area contributed by atoms with E-state index in [0.29, 0.717) is 11.7 Å². The van der Waals surface area contributed by atoms with E-state index in [1.807, 2.05) is 0 Å². The number of hydrogen-bond acceptors (Lipinski definition) is 1. The highest BCUT2D eigenvalue weighted by atomic mass is 16.1. The highest BCUT2D eigenvalue weighted by molar-refractivity contribution is 6.07. The normalized spacial score (nSPS) is 33.7. The zero-order valence-electron chi connectivity index (χ0n) is 7.40. The van der Waals surface area contributed by atoms with Crippen LogP contribution in [0.2, 0.25) is 0 Å². The minimum Gasteiger partial charge on any atom is -0.294 e. The van der Waals surface area contributed by atoms with Crippen LogP contribution < -0.4 is 0 Å². The monoisotopic (exact) mass is 150 g/mol. The summed E-state index contributed by atoms with van der Waals surface area (Å²) in [7, 11) is 0. The molecule has 0 aromatic heterocycles. The topological polar surface area (TPSA) is 17.1 Å². The van der Waals surface area contributed by atoms with Gasteiger partial charge in [-0.1, -0.05) is 19.4 Å². The molecular formula is C10H14O. The number of fused-ring (bicyclic) bond motifs is 2. The van der Waals surface area contributed by atoms with Gasteiger partial charge in [-0.25, -0.2) is 0 Å². The average molecular weight is 150 g/mol. The first-order valence-electron chi connectivity index (χ1n) is 4.29. The van der Waals surface area contributed by atoms with E-state index in [9.17, 15) is 4.79 Å². The molecule has 3 aliphatic rings. The Hall–Kier alpha value is -0.590. The van der Waals surface area contributed by atoms with Gasteiger partial charge in [0.2, 0.25) is 0 Å². The van der Waals surface area contributed by atoms with Gasteiger partial charge in [0.05, 0.1) is 0 Å². The Morgan fingerprint density at radius 3 is 2.36 bits per heavy atom. The van der Waals surface area contributed by atoms with E-state index >= 15 is 0 Å². The SMILES string of the molecule is CC1=C2C(=O)C(CC1)C2(C)C. The summed E-state index contributed by atoms with van der Waals surface area (Å²) in [5.74, 6) is 0.778. The molecule has 0 spiro atoms. The first-order valence-corrected chi connectivity index (χ1v) is 4.29. The Morgan fingerprint density at radius 2 is 2.09 bits per heavy atom. The lowest BCUT2D eigenvalue weighted by atomic mass is 9.52. The molecule has 0 heterocycles. The maximum Gasteiger partial charge on any atom is 0.163 e. The van der Waals surface area contributed by atoms with Gasteiger partial charge in [0.1, 0.15) is 0 Å². The van der Waals surface area contributed by atoms with E-state index in [0.717, 1.165) is 18.4 Å². The predicted octanol–water partition coefficient (Wildman–Crippen LogP) is 2.32. The summed E-state index contributed by atoms with van der Waals surface area (Å²) in [5.41, 5.74) is 2.68. The second kappa shape index (κ2) is 1.77. The van der Waals surface area contributed by atoms with Crippen LogP contribution in [0.1, 0.15) is 33.6 Å². The van der Waals surface area contributed by atoms with Crippen molar-refractivity contribution in [3.63, 3.8) is 0 Å². The standard InChI is InChI=1S/C10H14O/c1-6-4-5-7-9(11)8(6)10(7,2)3/h7H,4-5H2,1-3H3. The molecule has 1 nitrogen and oxygen atoms in total. The molecule has 1 fully saturated rings. The van der Waals surface area contributed by atoms with Gasteiger partial charge in [0, 0.05) is 16.9 Å². The molecule has 3 rings (SSSR count). The maximum atomic E-state index is 11.4. The Labute approximate surface area is 67.5 Å². The van der Waals surface area contributed by atoms with Crippen LogP contribution in [0.15, 0.2) is 11.1 Å². The van der Waals surface area contributed by atoms with Gasteiger partial charge < -0.3 is 0 Å². The fourth-order valence-corrected chi connectivity index (χ4v) is 2.65. The molecule has 1 saturated carbocycles. The molecule has 0 radical (unpaired) electrons. The highest BCUT2D eigenvalue weighted by Gasteiger charge is 2.54. The lowest BCUT2D eigenvalue weighted by Crippen LogP contribution is -2.50. The number of carbonyl (C=O) groups is 1. The smallest absolute Gasteiger partial charge is 0.163 e. The minimum absolute atomic E-state index is 0.208. The van der Waals surface area contributed by atoms with Crippen molar-refractivity contribution in [2.45, 2.75) is 33.6 Å². The zero-order valence-corrected chi connectivity index (χ0v) is 7.40. The molecule has 0 N–H and O–H groups in total. The number of ketones is 1. The second-order valence-electron chi connectivity index (χ2n) is 4.33. The molecule has 60 valence electrons. The number of carbonyl (C=O) groups excluding carboxylic acids is 1. The quantitative estimate of drug-likeness (QED) is 0.518. The van der Waals surface area contributed by atoms with Crippen LogP contribution in [-0.2, 0) is 4.79 Å². The van der Waals surface area contributed by atoms with Crippen molar-refractivity contribution in [1.29, 1.82) is 0 Å². The van der Waals surface area contributed by atoms with Gasteiger partial charge in [0.25, 0.3) is 0 Å². The Kier molecular flexibility index (Phi) is 1.14. The van der Waals surface area contributed by atoms with Gasteiger partial charge in [-0.2, -0.15) is 0 Å². The largest absolute Gasteiger partial charge is 0.294 e. The van der Waals surface area contributed by atoms with Crippen LogP contribution in [0.5, 0.6) is 0 Å². The molecule has 0 aliphatic heterocycles. The van der Waals surface area contributed by atoms with Crippen molar-refractivity contribution in [2.75, 3.05) is 0 Å². The van der Waals surface area contributed by atoms with Crippen LogP contribution >= 0.6 is 0 Å². The van der Waals surface area contributed by atoms with Crippen LogP contribution in [0, 0.1) is 11.3 Å².